The van der Waals surface area contributed by atoms with Crippen molar-refractivity contribution in [2.45, 2.75) is 0 Å². The maximum Gasteiger partial charge on any atom is 0.0721 e. The zero-order valence-electron chi connectivity index (χ0n) is 31.8. The van der Waals surface area contributed by atoms with Gasteiger partial charge in [-0.1, -0.05) is 206 Å². The van der Waals surface area contributed by atoms with Gasteiger partial charge in [0.05, 0.1) is 11.4 Å². The van der Waals surface area contributed by atoms with E-state index in [1.807, 2.05) is 0 Å². The van der Waals surface area contributed by atoms with Crippen LogP contribution in [-0.2, 0) is 0 Å². The predicted octanol–water partition coefficient (Wildman–Crippen LogP) is 15.7. The van der Waals surface area contributed by atoms with Gasteiger partial charge in [0.2, 0.25) is 0 Å². The molecule has 0 saturated heterocycles. The third-order valence-electron chi connectivity index (χ3n) is 11.7. The highest BCUT2D eigenvalue weighted by molar-refractivity contribution is 6.22. The number of benzene rings is 10. The molecule has 1 aromatic heterocycles. The highest BCUT2D eigenvalue weighted by atomic mass is 14.7. The van der Waals surface area contributed by atoms with Crippen molar-refractivity contribution < 1.29 is 0 Å². The first-order valence-electron chi connectivity index (χ1n) is 20.0. The van der Waals surface area contributed by atoms with Gasteiger partial charge in [-0.15, -0.1) is 0 Å². The first-order valence-corrected chi connectivity index (χ1v) is 20.0. The van der Waals surface area contributed by atoms with Gasteiger partial charge in [0.15, 0.2) is 0 Å². The molecule has 0 bridgehead atoms. The van der Waals surface area contributed by atoms with Crippen LogP contribution in [0.15, 0.2) is 224 Å². The minimum absolute atomic E-state index is 0.948. The molecular weight excluding hydrogens is 699 g/mol. The number of pyridine rings is 1. The smallest absolute Gasteiger partial charge is 0.0721 e. The van der Waals surface area contributed by atoms with Crippen molar-refractivity contribution in [1.29, 1.82) is 0 Å². The second kappa shape index (κ2) is 14.2. The van der Waals surface area contributed by atoms with Gasteiger partial charge >= 0.3 is 0 Å². The fraction of sp³-hybridized carbons (Fsp3) is 0. The number of fused-ring (bicyclic) bond motifs is 4. The van der Waals surface area contributed by atoms with Gasteiger partial charge in [-0.25, -0.2) is 4.98 Å². The van der Waals surface area contributed by atoms with Crippen molar-refractivity contribution in [3.8, 4) is 67.0 Å². The molecule has 0 aliphatic heterocycles. The Morgan fingerprint density at radius 2 is 0.672 bits per heavy atom. The molecule has 0 atom stereocenters. The van der Waals surface area contributed by atoms with Gasteiger partial charge in [-0.2, -0.15) is 0 Å². The van der Waals surface area contributed by atoms with Crippen LogP contribution in [0.25, 0.3) is 110 Å². The summed E-state index contributed by atoms with van der Waals surface area (Å²) in [4.78, 5) is 5.39. The second-order valence-corrected chi connectivity index (χ2v) is 15.0. The summed E-state index contributed by atoms with van der Waals surface area (Å²) in [6, 6.07) is 81.3. The number of aromatic nitrogens is 1. The molecule has 1 heteroatoms. The minimum atomic E-state index is 0.948. The van der Waals surface area contributed by atoms with Crippen LogP contribution >= 0.6 is 0 Å². The summed E-state index contributed by atoms with van der Waals surface area (Å²) >= 11 is 0. The largest absolute Gasteiger partial charge is 0.248 e. The molecule has 0 spiro atoms. The summed E-state index contributed by atoms with van der Waals surface area (Å²) in [5.74, 6) is 0. The SMILES string of the molecule is c1ccc(-c2c3ccccc3c(-c3ccccc3)c3cc(-c4ccc(-c5cc(-c6cccc7ccccc67)cc(-c6cccc7ccccc67)n5)cc4)ccc23)cc1. The average Bonchev–Trinajstić information content (AvgIpc) is 3.30. The topological polar surface area (TPSA) is 12.9 Å². The van der Waals surface area contributed by atoms with Crippen molar-refractivity contribution >= 4 is 43.1 Å². The Bertz CT molecular complexity index is 3200. The van der Waals surface area contributed by atoms with Crippen LogP contribution in [-0.4, -0.2) is 4.98 Å². The van der Waals surface area contributed by atoms with Crippen LogP contribution in [0.3, 0.4) is 0 Å². The predicted molar refractivity (Wildman–Crippen MR) is 247 cm³/mol. The van der Waals surface area contributed by atoms with E-state index in [2.05, 4.69) is 224 Å². The van der Waals surface area contributed by atoms with Crippen molar-refractivity contribution in [3.05, 3.63) is 224 Å². The van der Waals surface area contributed by atoms with Gasteiger partial charge < -0.3 is 0 Å². The molecule has 1 heterocycles. The van der Waals surface area contributed by atoms with Crippen LogP contribution in [0.5, 0.6) is 0 Å². The van der Waals surface area contributed by atoms with Gasteiger partial charge in [0.1, 0.15) is 0 Å². The van der Waals surface area contributed by atoms with E-state index in [0.717, 1.165) is 28.1 Å². The van der Waals surface area contributed by atoms with Crippen molar-refractivity contribution in [2.24, 2.45) is 0 Å². The lowest BCUT2D eigenvalue weighted by Crippen LogP contribution is -1.93. The molecule has 11 rings (SSSR count). The molecule has 58 heavy (non-hydrogen) atoms. The first-order chi connectivity index (χ1) is 28.8. The molecular formula is C57H37N. The van der Waals surface area contributed by atoms with Crippen molar-refractivity contribution in [3.63, 3.8) is 0 Å². The van der Waals surface area contributed by atoms with Crippen LogP contribution in [0, 0.1) is 0 Å². The monoisotopic (exact) mass is 735 g/mol. The van der Waals surface area contributed by atoms with E-state index < -0.39 is 0 Å². The third-order valence-corrected chi connectivity index (χ3v) is 11.7. The van der Waals surface area contributed by atoms with Crippen LogP contribution in [0.2, 0.25) is 0 Å². The van der Waals surface area contributed by atoms with Crippen molar-refractivity contribution in [2.75, 3.05) is 0 Å². The van der Waals surface area contributed by atoms with Crippen molar-refractivity contribution in [1.82, 2.24) is 4.98 Å². The second-order valence-electron chi connectivity index (χ2n) is 15.0. The molecule has 0 radical (unpaired) electrons. The Balaban J connectivity index is 1.08. The van der Waals surface area contributed by atoms with Gasteiger partial charge in [-0.3, -0.25) is 0 Å². The molecule has 10 aromatic carbocycles. The summed E-state index contributed by atoms with van der Waals surface area (Å²) in [6.45, 7) is 0. The Kier molecular flexibility index (Phi) is 8.23. The molecule has 270 valence electrons. The molecule has 0 unspecified atom stereocenters. The van der Waals surface area contributed by atoms with E-state index in [9.17, 15) is 0 Å². The molecule has 0 aliphatic rings. The Morgan fingerprint density at radius 1 is 0.224 bits per heavy atom. The Labute approximate surface area is 338 Å². The van der Waals surface area contributed by atoms with E-state index in [1.54, 1.807) is 0 Å². The fourth-order valence-corrected chi connectivity index (χ4v) is 8.92. The van der Waals surface area contributed by atoms with Crippen LogP contribution < -0.4 is 0 Å². The highest BCUT2D eigenvalue weighted by Gasteiger charge is 2.18. The number of hydrogen-bond acceptors (Lipinski definition) is 1. The fourth-order valence-electron chi connectivity index (χ4n) is 8.92. The van der Waals surface area contributed by atoms with E-state index in [4.69, 9.17) is 4.98 Å². The number of hydrogen-bond donors (Lipinski definition) is 0. The Hall–Kier alpha value is -7.61. The molecule has 0 aliphatic carbocycles. The van der Waals surface area contributed by atoms with Crippen LogP contribution in [0.1, 0.15) is 0 Å². The molecule has 11 aromatic rings. The molecule has 0 amide bonds. The Morgan fingerprint density at radius 3 is 1.31 bits per heavy atom. The summed E-state index contributed by atoms with van der Waals surface area (Å²) in [7, 11) is 0. The molecule has 0 saturated carbocycles. The van der Waals surface area contributed by atoms with E-state index >= 15 is 0 Å². The van der Waals surface area contributed by atoms with Gasteiger partial charge in [-0.05, 0) is 106 Å². The maximum absolute atomic E-state index is 5.39. The lowest BCUT2D eigenvalue weighted by Gasteiger charge is -2.18. The zero-order valence-corrected chi connectivity index (χ0v) is 31.8. The summed E-state index contributed by atoms with van der Waals surface area (Å²) < 4.78 is 0. The lowest BCUT2D eigenvalue weighted by molar-refractivity contribution is 1.33. The zero-order chi connectivity index (χ0) is 38.4. The first kappa shape index (κ1) is 33.7. The normalized spacial score (nSPS) is 11.4. The lowest BCUT2D eigenvalue weighted by atomic mass is 9.85. The maximum atomic E-state index is 5.39. The van der Waals surface area contributed by atoms with E-state index in [-0.39, 0.29) is 0 Å². The molecule has 1 nitrogen and oxygen atoms in total. The van der Waals surface area contributed by atoms with Gasteiger partial charge in [0.25, 0.3) is 0 Å². The molecule has 0 N–H and O–H groups in total. The summed E-state index contributed by atoms with van der Waals surface area (Å²) in [6.07, 6.45) is 0. The van der Waals surface area contributed by atoms with E-state index in [1.165, 1.54) is 82.0 Å². The highest BCUT2D eigenvalue weighted by Crippen LogP contribution is 2.45. The third kappa shape index (κ3) is 5.84. The summed E-state index contributed by atoms with van der Waals surface area (Å²) in [5, 5.41) is 9.88. The van der Waals surface area contributed by atoms with Crippen LogP contribution in [0.4, 0.5) is 0 Å². The average molecular weight is 736 g/mol. The van der Waals surface area contributed by atoms with E-state index in [0.29, 0.717) is 0 Å². The quantitative estimate of drug-likeness (QED) is 0.155. The minimum Gasteiger partial charge on any atom is -0.248 e. The summed E-state index contributed by atoms with van der Waals surface area (Å²) in [5.41, 5.74) is 13.8. The molecule has 0 fully saturated rings. The number of nitrogens with zero attached hydrogens (tertiary/aromatic N) is 1. The number of rotatable bonds is 6. The standard InChI is InChI=1S/C57H37N/c1-3-17-42(18-4-1)56-50-25-11-12-26-51(50)57(43-19-5-2-6-20-43)53-35-44(33-34-52(53)56)38-29-31-41(32-30-38)54-36-45(48-27-13-21-39-15-7-9-23-46(39)48)37-55(58-54)49-28-14-22-40-16-8-10-24-47(40)49/h1-37H. The van der Waals surface area contributed by atoms with Gasteiger partial charge in [0, 0.05) is 11.1 Å².